The van der Waals surface area contributed by atoms with Gasteiger partial charge in [-0.05, 0) is 31.7 Å². The molecule has 0 saturated carbocycles. The van der Waals surface area contributed by atoms with Gasteiger partial charge in [-0.2, -0.15) is 0 Å². The number of likely N-dealkylation sites (N-methyl/N-ethyl adjacent to an activating group) is 1. The van der Waals surface area contributed by atoms with Crippen LogP contribution in [0.3, 0.4) is 0 Å². The standard InChI is InChI=1S/C17H25N3O2/c1-4-14(11-13-7-5-12(2)6-8-13)18-17(22)19-15-9-10-20(3)16(15)21/h5-8,14-15H,4,9-11H2,1-3H3,(H2,18,19,22)/t14-,15+/m0/s1. The number of urea groups is 1. The highest BCUT2D eigenvalue weighted by Crippen LogP contribution is 2.10. The van der Waals surface area contributed by atoms with Gasteiger partial charge in [0.1, 0.15) is 6.04 Å². The van der Waals surface area contributed by atoms with Crippen molar-refractivity contribution in [1.29, 1.82) is 0 Å². The summed E-state index contributed by atoms with van der Waals surface area (Å²) in [5.41, 5.74) is 2.43. The third kappa shape index (κ3) is 4.23. The molecule has 2 atom stereocenters. The number of rotatable bonds is 5. The van der Waals surface area contributed by atoms with Crippen LogP contribution in [0.4, 0.5) is 4.79 Å². The van der Waals surface area contributed by atoms with E-state index < -0.39 is 0 Å². The van der Waals surface area contributed by atoms with E-state index in [2.05, 4.69) is 41.8 Å². The lowest BCUT2D eigenvalue weighted by molar-refractivity contribution is -0.128. The summed E-state index contributed by atoms with van der Waals surface area (Å²) in [5, 5.41) is 5.75. The number of amides is 3. The zero-order chi connectivity index (χ0) is 16.1. The molecule has 1 heterocycles. The molecule has 0 bridgehead atoms. The van der Waals surface area contributed by atoms with E-state index in [1.807, 2.05) is 6.92 Å². The Kier molecular flexibility index (Phi) is 5.41. The average Bonchev–Trinajstić information content (AvgIpc) is 2.80. The Morgan fingerprint density at radius 1 is 1.36 bits per heavy atom. The largest absolute Gasteiger partial charge is 0.344 e. The van der Waals surface area contributed by atoms with E-state index in [9.17, 15) is 9.59 Å². The number of benzene rings is 1. The number of hydrogen-bond donors (Lipinski definition) is 2. The fourth-order valence-corrected chi connectivity index (χ4v) is 2.65. The van der Waals surface area contributed by atoms with Crippen molar-refractivity contribution in [2.45, 2.75) is 45.2 Å². The summed E-state index contributed by atoms with van der Waals surface area (Å²) in [4.78, 5) is 25.5. The lowest BCUT2D eigenvalue weighted by Gasteiger charge is -2.19. The Labute approximate surface area is 132 Å². The predicted octanol–water partition coefficient (Wildman–Crippen LogP) is 1.85. The smallest absolute Gasteiger partial charge is 0.315 e. The van der Waals surface area contributed by atoms with E-state index in [4.69, 9.17) is 0 Å². The van der Waals surface area contributed by atoms with Crippen LogP contribution in [0, 0.1) is 6.92 Å². The SMILES string of the molecule is CC[C@@H](Cc1ccc(C)cc1)NC(=O)N[C@@H]1CCN(C)C1=O. The highest BCUT2D eigenvalue weighted by atomic mass is 16.2. The molecule has 0 aromatic heterocycles. The Balaban J connectivity index is 1.85. The first-order chi connectivity index (χ1) is 10.5. The van der Waals surface area contributed by atoms with Crippen molar-refractivity contribution in [2.75, 3.05) is 13.6 Å². The van der Waals surface area contributed by atoms with Gasteiger partial charge >= 0.3 is 6.03 Å². The van der Waals surface area contributed by atoms with Crippen molar-refractivity contribution in [2.24, 2.45) is 0 Å². The maximum atomic E-state index is 12.1. The molecule has 0 spiro atoms. The fourth-order valence-electron chi connectivity index (χ4n) is 2.65. The molecule has 0 unspecified atom stereocenters. The van der Waals surface area contributed by atoms with Gasteiger partial charge in [-0.15, -0.1) is 0 Å². The highest BCUT2D eigenvalue weighted by Gasteiger charge is 2.30. The van der Waals surface area contributed by atoms with Crippen molar-refractivity contribution in [3.63, 3.8) is 0 Å². The van der Waals surface area contributed by atoms with Gasteiger partial charge in [-0.25, -0.2) is 4.79 Å². The minimum Gasteiger partial charge on any atom is -0.344 e. The van der Waals surface area contributed by atoms with Crippen LogP contribution >= 0.6 is 0 Å². The molecule has 1 aromatic rings. The van der Waals surface area contributed by atoms with E-state index in [0.717, 1.165) is 12.8 Å². The summed E-state index contributed by atoms with van der Waals surface area (Å²) in [6.45, 7) is 4.81. The molecule has 1 aliphatic rings. The number of hydrogen-bond acceptors (Lipinski definition) is 2. The third-order valence-corrected chi connectivity index (χ3v) is 4.16. The van der Waals surface area contributed by atoms with Crippen molar-refractivity contribution in [3.05, 3.63) is 35.4 Å². The van der Waals surface area contributed by atoms with Crippen molar-refractivity contribution in [3.8, 4) is 0 Å². The van der Waals surface area contributed by atoms with E-state index in [1.165, 1.54) is 11.1 Å². The molecular formula is C17H25N3O2. The van der Waals surface area contributed by atoms with Gasteiger partial charge in [0.2, 0.25) is 5.91 Å². The monoisotopic (exact) mass is 303 g/mol. The van der Waals surface area contributed by atoms with Crippen LogP contribution in [0.25, 0.3) is 0 Å². The molecule has 2 rings (SSSR count). The summed E-state index contributed by atoms with van der Waals surface area (Å²) in [5.74, 6) is -0.0123. The number of nitrogens with zero attached hydrogens (tertiary/aromatic N) is 1. The van der Waals surface area contributed by atoms with E-state index >= 15 is 0 Å². The number of carbonyl (C=O) groups is 2. The lowest BCUT2D eigenvalue weighted by atomic mass is 10.0. The fraction of sp³-hybridized carbons (Fsp3) is 0.529. The second-order valence-corrected chi connectivity index (χ2v) is 6.01. The molecule has 5 nitrogen and oxygen atoms in total. The van der Waals surface area contributed by atoms with Crippen molar-refractivity contribution >= 4 is 11.9 Å². The van der Waals surface area contributed by atoms with E-state index in [1.54, 1.807) is 11.9 Å². The van der Waals surface area contributed by atoms with Gasteiger partial charge in [0.05, 0.1) is 0 Å². The van der Waals surface area contributed by atoms with Crippen LogP contribution in [-0.4, -0.2) is 42.5 Å². The molecule has 1 saturated heterocycles. The Bertz CT molecular complexity index is 527. The topological polar surface area (TPSA) is 61.4 Å². The Morgan fingerprint density at radius 3 is 2.59 bits per heavy atom. The van der Waals surface area contributed by atoms with Crippen LogP contribution in [0.5, 0.6) is 0 Å². The van der Waals surface area contributed by atoms with Gasteiger partial charge in [-0.3, -0.25) is 4.79 Å². The molecule has 120 valence electrons. The normalized spacial score (nSPS) is 19.1. The van der Waals surface area contributed by atoms with E-state index in [0.29, 0.717) is 13.0 Å². The first-order valence-electron chi connectivity index (χ1n) is 7.87. The zero-order valence-corrected chi connectivity index (χ0v) is 13.6. The van der Waals surface area contributed by atoms with Crippen LogP contribution in [0.15, 0.2) is 24.3 Å². The van der Waals surface area contributed by atoms with Crippen molar-refractivity contribution < 1.29 is 9.59 Å². The van der Waals surface area contributed by atoms with Crippen LogP contribution in [0.1, 0.15) is 30.9 Å². The molecule has 1 aliphatic heterocycles. The molecule has 0 aliphatic carbocycles. The molecule has 1 aromatic carbocycles. The molecule has 1 fully saturated rings. The van der Waals surface area contributed by atoms with Gasteiger partial charge in [-0.1, -0.05) is 36.8 Å². The summed E-state index contributed by atoms with van der Waals surface area (Å²) in [7, 11) is 1.76. The minimum absolute atomic E-state index is 0.0123. The molecule has 5 heteroatoms. The highest BCUT2D eigenvalue weighted by molar-refractivity contribution is 5.88. The predicted molar refractivity (Wildman–Crippen MR) is 86.7 cm³/mol. The number of nitrogens with one attached hydrogen (secondary N) is 2. The first kappa shape index (κ1) is 16.3. The van der Waals surface area contributed by atoms with Crippen LogP contribution in [0.2, 0.25) is 0 Å². The van der Waals surface area contributed by atoms with Gasteiger partial charge in [0.15, 0.2) is 0 Å². The van der Waals surface area contributed by atoms with Crippen LogP contribution < -0.4 is 10.6 Å². The number of carbonyl (C=O) groups excluding carboxylic acids is 2. The minimum atomic E-state index is -0.387. The second-order valence-electron chi connectivity index (χ2n) is 6.01. The quantitative estimate of drug-likeness (QED) is 0.872. The Hall–Kier alpha value is -2.04. The lowest BCUT2D eigenvalue weighted by Crippen LogP contribution is -2.49. The molecule has 22 heavy (non-hydrogen) atoms. The van der Waals surface area contributed by atoms with Gasteiger partial charge in [0.25, 0.3) is 0 Å². The third-order valence-electron chi connectivity index (χ3n) is 4.16. The van der Waals surface area contributed by atoms with E-state index in [-0.39, 0.29) is 24.0 Å². The van der Waals surface area contributed by atoms with Gasteiger partial charge in [0, 0.05) is 19.6 Å². The molecular weight excluding hydrogens is 278 g/mol. The number of likely N-dealkylation sites (tertiary alicyclic amines) is 1. The summed E-state index contributed by atoms with van der Waals surface area (Å²) < 4.78 is 0. The average molecular weight is 303 g/mol. The van der Waals surface area contributed by atoms with Gasteiger partial charge < -0.3 is 15.5 Å². The zero-order valence-electron chi connectivity index (χ0n) is 13.6. The molecule has 2 N–H and O–H groups in total. The Morgan fingerprint density at radius 2 is 2.05 bits per heavy atom. The maximum Gasteiger partial charge on any atom is 0.315 e. The summed E-state index contributed by atoms with van der Waals surface area (Å²) >= 11 is 0. The van der Waals surface area contributed by atoms with Crippen molar-refractivity contribution in [1.82, 2.24) is 15.5 Å². The second kappa shape index (κ2) is 7.29. The summed E-state index contributed by atoms with van der Waals surface area (Å²) in [6, 6.07) is 7.76. The summed E-state index contributed by atoms with van der Waals surface area (Å²) in [6.07, 6.45) is 2.32. The maximum absolute atomic E-state index is 12.1. The first-order valence-corrected chi connectivity index (χ1v) is 7.87. The van der Waals surface area contributed by atoms with Crippen LogP contribution in [-0.2, 0) is 11.2 Å². The number of aryl methyl sites for hydroxylation is 1. The molecule has 0 radical (unpaired) electrons. The molecule has 3 amide bonds.